The van der Waals surface area contributed by atoms with Gasteiger partial charge in [0.25, 0.3) is 0 Å². The van der Waals surface area contributed by atoms with Gasteiger partial charge in [0.1, 0.15) is 0 Å². The predicted molar refractivity (Wildman–Crippen MR) is 79.8 cm³/mol. The molecular formula is C10H10BrClN4S. The Balaban J connectivity index is 0.00000144. The second-order valence-corrected chi connectivity index (χ2v) is 4.02. The molecule has 4 N–H and O–H groups in total. The molecule has 0 unspecified atom stereocenters. The second-order valence-electron chi connectivity index (χ2n) is 3.14. The summed E-state index contributed by atoms with van der Waals surface area (Å²) in [6, 6.07) is 7.44. The van der Waals surface area contributed by atoms with Gasteiger partial charge in [0, 0.05) is 5.02 Å². The third-order valence-corrected chi connectivity index (χ3v) is 2.33. The van der Waals surface area contributed by atoms with Crippen LogP contribution in [0.3, 0.4) is 0 Å². The van der Waals surface area contributed by atoms with Crippen molar-refractivity contribution in [3.05, 3.63) is 35.5 Å². The molecule has 0 radical (unpaired) electrons. The van der Waals surface area contributed by atoms with Crippen LogP contribution in [0.4, 0.5) is 5.95 Å². The molecule has 0 aliphatic heterocycles. The van der Waals surface area contributed by atoms with Crippen molar-refractivity contribution in [3.8, 4) is 11.3 Å². The Morgan fingerprint density at radius 3 is 2.59 bits per heavy atom. The number of rotatable bonds is 2. The molecule has 0 saturated heterocycles. The van der Waals surface area contributed by atoms with E-state index in [9.17, 15) is 0 Å². The van der Waals surface area contributed by atoms with E-state index in [0.717, 1.165) is 11.3 Å². The molecular weight excluding hydrogens is 324 g/mol. The van der Waals surface area contributed by atoms with E-state index in [4.69, 9.17) is 29.6 Å². The van der Waals surface area contributed by atoms with Crippen molar-refractivity contribution < 1.29 is 0 Å². The summed E-state index contributed by atoms with van der Waals surface area (Å²) in [6.07, 6.45) is 1.70. The molecule has 0 saturated carbocycles. The van der Waals surface area contributed by atoms with E-state index in [2.05, 4.69) is 15.3 Å². The SMILES string of the molecule is Br.NC(=S)Nc1ncc(-c2ccc(Cl)cc2)[nH]1. The summed E-state index contributed by atoms with van der Waals surface area (Å²) >= 11 is 10.5. The van der Waals surface area contributed by atoms with Gasteiger partial charge in [-0.3, -0.25) is 0 Å². The Morgan fingerprint density at radius 2 is 2.00 bits per heavy atom. The fourth-order valence-corrected chi connectivity index (χ4v) is 1.50. The van der Waals surface area contributed by atoms with E-state index in [1.54, 1.807) is 6.20 Å². The summed E-state index contributed by atoms with van der Waals surface area (Å²) < 4.78 is 0. The highest BCUT2D eigenvalue weighted by molar-refractivity contribution is 8.93. The number of aromatic amines is 1. The number of benzene rings is 1. The van der Waals surface area contributed by atoms with Gasteiger partial charge in [-0.1, -0.05) is 23.7 Å². The van der Waals surface area contributed by atoms with Gasteiger partial charge in [-0.2, -0.15) is 0 Å². The minimum atomic E-state index is 0. The van der Waals surface area contributed by atoms with Gasteiger partial charge in [-0.15, -0.1) is 17.0 Å². The van der Waals surface area contributed by atoms with Crippen LogP contribution >= 0.6 is 40.8 Å². The quantitative estimate of drug-likeness (QED) is 0.739. The van der Waals surface area contributed by atoms with Crippen LogP contribution in [0.5, 0.6) is 0 Å². The predicted octanol–water partition coefficient (Wildman–Crippen LogP) is 2.96. The van der Waals surface area contributed by atoms with Crippen LogP contribution in [0.2, 0.25) is 5.02 Å². The van der Waals surface area contributed by atoms with Crippen molar-refractivity contribution in [1.29, 1.82) is 0 Å². The molecule has 7 heteroatoms. The Labute approximate surface area is 119 Å². The van der Waals surface area contributed by atoms with Crippen LogP contribution in [0, 0.1) is 0 Å². The van der Waals surface area contributed by atoms with Gasteiger partial charge >= 0.3 is 0 Å². The largest absolute Gasteiger partial charge is 0.376 e. The van der Waals surface area contributed by atoms with Gasteiger partial charge in [-0.05, 0) is 29.9 Å². The van der Waals surface area contributed by atoms with Gasteiger partial charge in [0.2, 0.25) is 5.95 Å². The molecule has 0 bridgehead atoms. The number of aromatic nitrogens is 2. The zero-order chi connectivity index (χ0) is 11.5. The third kappa shape index (κ3) is 3.69. The summed E-state index contributed by atoms with van der Waals surface area (Å²) in [5.41, 5.74) is 7.20. The molecule has 90 valence electrons. The molecule has 0 fully saturated rings. The summed E-state index contributed by atoms with van der Waals surface area (Å²) in [4.78, 5) is 7.14. The number of nitrogens with two attached hydrogens (primary N) is 1. The molecule has 0 spiro atoms. The molecule has 0 amide bonds. The first-order chi connectivity index (χ1) is 7.65. The Hall–Kier alpha value is -1.11. The molecule has 4 nitrogen and oxygen atoms in total. The molecule has 0 atom stereocenters. The number of H-pyrrole nitrogens is 1. The molecule has 0 aliphatic carbocycles. The summed E-state index contributed by atoms with van der Waals surface area (Å²) in [5.74, 6) is 0.525. The standard InChI is InChI=1S/C10H9ClN4S.BrH/c11-7-3-1-6(2-4-7)8-5-13-10(14-8)15-9(12)16;/h1-5H,(H4,12,13,14,15,16);1H. The van der Waals surface area contributed by atoms with Crippen LogP contribution in [0.1, 0.15) is 0 Å². The number of hydrogen-bond acceptors (Lipinski definition) is 2. The summed E-state index contributed by atoms with van der Waals surface area (Å²) in [6.45, 7) is 0. The van der Waals surface area contributed by atoms with E-state index in [1.807, 2.05) is 24.3 Å². The lowest BCUT2D eigenvalue weighted by Crippen LogP contribution is -2.19. The Morgan fingerprint density at radius 1 is 1.35 bits per heavy atom. The fraction of sp³-hybridized carbons (Fsp3) is 0. The van der Waals surface area contributed by atoms with Gasteiger partial charge < -0.3 is 16.0 Å². The van der Waals surface area contributed by atoms with E-state index in [0.29, 0.717) is 11.0 Å². The Kier molecular flexibility index (Phi) is 4.92. The molecule has 0 aliphatic rings. The minimum absolute atomic E-state index is 0. The molecule has 1 aromatic heterocycles. The van der Waals surface area contributed by atoms with Crippen molar-refractivity contribution in [2.45, 2.75) is 0 Å². The number of hydrogen-bond donors (Lipinski definition) is 3. The number of halogens is 2. The topological polar surface area (TPSA) is 66.7 Å². The van der Waals surface area contributed by atoms with Gasteiger partial charge in [0.05, 0.1) is 11.9 Å². The molecule has 2 rings (SSSR count). The van der Waals surface area contributed by atoms with Gasteiger partial charge in [-0.25, -0.2) is 4.98 Å². The van der Waals surface area contributed by atoms with E-state index < -0.39 is 0 Å². The molecule has 2 aromatic rings. The fourth-order valence-electron chi connectivity index (χ4n) is 1.28. The van der Waals surface area contributed by atoms with Crippen molar-refractivity contribution in [1.82, 2.24) is 9.97 Å². The highest BCUT2D eigenvalue weighted by atomic mass is 79.9. The third-order valence-electron chi connectivity index (χ3n) is 1.97. The van der Waals surface area contributed by atoms with Crippen LogP contribution in [0.25, 0.3) is 11.3 Å². The van der Waals surface area contributed by atoms with Crippen LogP contribution in [-0.4, -0.2) is 15.1 Å². The highest BCUT2D eigenvalue weighted by Crippen LogP contribution is 2.20. The minimum Gasteiger partial charge on any atom is -0.376 e. The second kappa shape index (κ2) is 6.00. The maximum atomic E-state index is 5.80. The lowest BCUT2D eigenvalue weighted by atomic mass is 10.2. The highest BCUT2D eigenvalue weighted by Gasteiger charge is 2.03. The normalized spacial score (nSPS) is 9.47. The number of nitrogens with one attached hydrogen (secondary N) is 2. The van der Waals surface area contributed by atoms with E-state index >= 15 is 0 Å². The first kappa shape index (κ1) is 14.0. The van der Waals surface area contributed by atoms with Crippen molar-refractivity contribution in [3.63, 3.8) is 0 Å². The van der Waals surface area contributed by atoms with Crippen LogP contribution in [0.15, 0.2) is 30.5 Å². The van der Waals surface area contributed by atoms with Gasteiger partial charge in [0.15, 0.2) is 5.11 Å². The average molecular weight is 334 g/mol. The van der Waals surface area contributed by atoms with Crippen molar-refractivity contribution >= 4 is 51.9 Å². The Bertz CT molecular complexity index is 511. The number of thiocarbonyl (C=S) groups is 1. The maximum absolute atomic E-state index is 5.80. The number of nitrogens with zero attached hydrogens (tertiary/aromatic N) is 1. The maximum Gasteiger partial charge on any atom is 0.206 e. The molecule has 17 heavy (non-hydrogen) atoms. The lowest BCUT2D eigenvalue weighted by Gasteiger charge is -1.99. The number of anilines is 1. The van der Waals surface area contributed by atoms with Crippen LogP contribution < -0.4 is 11.1 Å². The monoisotopic (exact) mass is 332 g/mol. The van der Waals surface area contributed by atoms with E-state index in [-0.39, 0.29) is 22.1 Å². The molecule has 1 heterocycles. The first-order valence-corrected chi connectivity index (χ1v) is 5.31. The smallest absolute Gasteiger partial charge is 0.206 e. The molecule has 1 aromatic carbocycles. The van der Waals surface area contributed by atoms with Crippen LogP contribution in [-0.2, 0) is 0 Å². The number of imidazole rings is 1. The van der Waals surface area contributed by atoms with Crippen molar-refractivity contribution in [2.24, 2.45) is 5.73 Å². The van der Waals surface area contributed by atoms with E-state index in [1.165, 1.54) is 0 Å². The summed E-state index contributed by atoms with van der Waals surface area (Å²) in [5, 5.41) is 3.60. The van der Waals surface area contributed by atoms with Crippen molar-refractivity contribution in [2.75, 3.05) is 5.32 Å². The first-order valence-electron chi connectivity index (χ1n) is 4.52. The average Bonchev–Trinajstić information content (AvgIpc) is 2.66. The lowest BCUT2D eigenvalue weighted by molar-refractivity contribution is 1.30. The zero-order valence-corrected chi connectivity index (χ0v) is 11.9. The summed E-state index contributed by atoms with van der Waals surface area (Å²) in [7, 11) is 0. The zero-order valence-electron chi connectivity index (χ0n) is 8.61.